The van der Waals surface area contributed by atoms with Crippen molar-refractivity contribution in [2.75, 3.05) is 19.3 Å². The average Bonchev–Trinajstić information content (AvgIpc) is 3.58. The Hall–Kier alpha value is -3.14. The van der Waals surface area contributed by atoms with Gasteiger partial charge in [0.2, 0.25) is 11.8 Å². The molecule has 2 heterocycles. The van der Waals surface area contributed by atoms with Crippen LogP contribution in [0.3, 0.4) is 0 Å². The van der Waals surface area contributed by atoms with Gasteiger partial charge in [0, 0.05) is 22.4 Å². The molecule has 0 saturated carbocycles. The standard InChI is InChI=1S/C14H21N5O2S2.C13H12/c1-22-18-7-12(20)19-4-2-3-11(19)14(21)17-6-10-5-9(8-23-10)13(15)16;1-3-7-12(8-4-1)11-13-9-5-2-6-10-13/h5,8,11,18H,2-4,6-7H2,1H3,(H3,15,16)(H,17,21);1-10H,11H2. The molecule has 1 unspecified atom stereocenters. The van der Waals surface area contributed by atoms with Crippen LogP contribution >= 0.6 is 23.3 Å². The predicted octanol–water partition coefficient (Wildman–Crippen LogP) is 3.78. The number of nitrogen functional groups attached to an aromatic ring is 1. The molecule has 2 aromatic carbocycles. The number of carbonyl (C=O) groups excluding carboxylic acids is 2. The monoisotopic (exact) mass is 523 g/mol. The topological polar surface area (TPSA) is 111 Å². The second-order valence-corrected chi connectivity index (χ2v) is 10.0. The number of hydrogen-bond donors (Lipinski definition) is 4. The highest BCUT2D eigenvalue weighted by Crippen LogP contribution is 2.19. The lowest BCUT2D eigenvalue weighted by atomic mass is 10.1. The second kappa shape index (κ2) is 14.4. The van der Waals surface area contributed by atoms with Crippen LogP contribution in [0.15, 0.2) is 72.1 Å². The molecule has 0 aliphatic carbocycles. The van der Waals surface area contributed by atoms with Crippen molar-refractivity contribution in [1.29, 1.82) is 5.41 Å². The van der Waals surface area contributed by atoms with Crippen LogP contribution in [-0.4, -0.2) is 47.9 Å². The highest BCUT2D eigenvalue weighted by molar-refractivity contribution is 7.96. The maximum Gasteiger partial charge on any atom is 0.243 e. The third kappa shape index (κ3) is 8.51. The molecule has 7 nitrogen and oxygen atoms in total. The number of nitrogens with one attached hydrogen (secondary N) is 3. The average molecular weight is 524 g/mol. The van der Waals surface area contributed by atoms with Crippen LogP contribution < -0.4 is 15.8 Å². The molecule has 0 radical (unpaired) electrons. The summed E-state index contributed by atoms with van der Waals surface area (Å²) in [5.74, 6) is -0.155. The molecule has 1 aliphatic rings. The van der Waals surface area contributed by atoms with Gasteiger partial charge >= 0.3 is 0 Å². The van der Waals surface area contributed by atoms with Crippen molar-refractivity contribution in [2.45, 2.75) is 31.8 Å². The minimum Gasteiger partial charge on any atom is -0.384 e. The Kier molecular flexibility index (Phi) is 11.0. The van der Waals surface area contributed by atoms with Crippen molar-refractivity contribution in [1.82, 2.24) is 14.9 Å². The molecule has 5 N–H and O–H groups in total. The van der Waals surface area contributed by atoms with Gasteiger partial charge in [-0.2, -0.15) is 0 Å². The largest absolute Gasteiger partial charge is 0.384 e. The first kappa shape index (κ1) is 27.4. The molecular weight excluding hydrogens is 490 g/mol. The van der Waals surface area contributed by atoms with Crippen molar-refractivity contribution in [3.8, 4) is 0 Å². The van der Waals surface area contributed by atoms with Crippen LogP contribution in [0.1, 0.15) is 34.4 Å². The van der Waals surface area contributed by atoms with E-state index < -0.39 is 6.04 Å². The summed E-state index contributed by atoms with van der Waals surface area (Å²) >= 11 is 2.84. The molecule has 1 aromatic heterocycles. The Labute approximate surface area is 221 Å². The molecular formula is C27H33N5O2S2. The molecule has 3 aromatic rings. The van der Waals surface area contributed by atoms with Gasteiger partial charge in [-0.15, -0.1) is 11.3 Å². The zero-order valence-corrected chi connectivity index (χ0v) is 22.0. The number of nitrogens with zero attached hydrogens (tertiary/aromatic N) is 1. The van der Waals surface area contributed by atoms with Gasteiger partial charge in [0.05, 0.1) is 13.1 Å². The van der Waals surface area contributed by atoms with Crippen molar-refractivity contribution < 1.29 is 9.59 Å². The molecule has 1 saturated heterocycles. The minimum atomic E-state index is -0.390. The zero-order chi connectivity index (χ0) is 25.8. The fourth-order valence-corrected chi connectivity index (χ4v) is 5.00. The number of nitrogens with two attached hydrogens (primary N) is 1. The van der Waals surface area contributed by atoms with Gasteiger partial charge < -0.3 is 16.0 Å². The van der Waals surface area contributed by atoms with Gasteiger partial charge in [-0.1, -0.05) is 72.6 Å². The first-order valence-electron chi connectivity index (χ1n) is 11.8. The quantitative estimate of drug-likeness (QED) is 0.194. The lowest BCUT2D eigenvalue weighted by Crippen LogP contribution is -2.47. The normalized spacial score (nSPS) is 14.6. The van der Waals surface area contributed by atoms with E-state index in [4.69, 9.17) is 11.1 Å². The number of amidine groups is 1. The van der Waals surface area contributed by atoms with Gasteiger partial charge in [-0.3, -0.25) is 19.7 Å². The van der Waals surface area contributed by atoms with E-state index in [0.717, 1.165) is 17.7 Å². The molecule has 36 heavy (non-hydrogen) atoms. The number of amides is 2. The number of benzene rings is 2. The van der Waals surface area contributed by atoms with Gasteiger partial charge in [0.15, 0.2) is 0 Å². The SMILES string of the molecule is CSNCC(=O)N1CCCC1C(=O)NCc1cc(C(=N)N)cs1.c1ccc(Cc2ccccc2)cc1. The van der Waals surface area contributed by atoms with Crippen molar-refractivity contribution >= 4 is 40.9 Å². The molecule has 1 atom stereocenters. The first-order chi connectivity index (χ1) is 17.5. The molecule has 1 aliphatic heterocycles. The maximum atomic E-state index is 12.4. The third-order valence-electron chi connectivity index (χ3n) is 5.74. The molecule has 0 bridgehead atoms. The van der Waals surface area contributed by atoms with Gasteiger partial charge in [0.1, 0.15) is 11.9 Å². The second-order valence-electron chi connectivity index (χ2n) is 8.35. The van der Waals surface area contributed by atoms with E-state index in [9.17, 15) is 9.59 Å². The van der Waals surface area contributed by atoms with Crippen LogP contribution in [0.2, 0.25) is 0 Å². The van der Waals surface area contributed by atoms with E-state index in [0.29, 0.717) is 25.1 Å². The van der Waals surface area contributed by atoms with Gasteiger partial charge in [-0.25, -0.2) is 0 Å². The van der Waals surface area contributed by atoms with Gasteiger partial charge in [0.25, 0.3) is 0 Å². The van der Waals surface area contributed by atoms with Crippen LogP contribution in [0, 0.1) is 5.41 Å². The van der Waals surface area contributed by atoms with Crippen LogP contribution in [0.4, 0.5) is 0 Å². The Bertz CT molecular complexity index is 1080. The number of rotatable bonds is 9. The summed E-state index contributed by atoms with van der Waals surface area (Å²) in [6, 6.07) is 22.5. The summed E-state index contributed by atoms with van der Waals surface area (Å²) in [4.78, 5) is 27.0. The fourth-order valence-electron chi connectivity index (χ4n) is 3.91. The van der Waals surface area contributed by atoms with Crippen molar-refractivity contribution in [3.05, 3.63) is 93.7 Å². The van der Waals surface area contributed by atoms with Crippen LogP contribution in [-0.2, 0) is 22.6 Å². The Balaban J connectivity index is 0.000000233. The Morgan fingerprint density at radius 3 is 2.31 bits per heavy atom. The lowest BCUT2D eigenvalue weighted by Gasteiger charge is -2.23. The van der Waals surface area contributed by atoms with Crippen molar-refractivity contribution in [3.63, 3.8) is 0 Å². The number of hydrogen-bond acceptors (Lipinski definition) is 6. The zero-order valence-electron chi connectivity index (χ0n) is 20.4. The maximum absolute atomic E-state index is 12.4. The first-order valence-corrected chi connectivity index (χ1v) is 13.9. The predicted molar refractivity (Wildman–Crippen MR) is 149 cm³/mol. The summed E-state index contributed by atoms with van der Waals surface area (Å²) in [6.45, 7) is 1.25. The number of likely N-dealkylation sites (tertiary alicyclic amines) is 1. The molecule has 2 amide bonds. The smallest absolute Gasteiger partial charge is 0.243 e. The van der Waals surface area contributed by atoms with Crippen LogP contribution in [0.25, 0.3) is 0 Å². The number of thiophene rings is 1. The van der Waals surface area contributed by atoms with E-state index in [1.807, 2.05) is 6.26 Å². The summed E-state index contributed by atoms with van der Waals surface area (Å²) in [5.41, 5.74) is 8.83. The lowest BCUT2D eigenvalue weighted by molar-refractivity contribution is -0.137. The summed E-state index contributed by atoms with van der Waals surface area (Å²) in [7, 11) is 0. The van der Waals surface area contributed by atoms with E-state index >= 15 is 0 Å². The van der Waals surface area contributed by atoms with E-state index in [1.54, 1.807) is 16.3 Å². The highest BCUT2D eigenvalue weighted by Gasteiger charge is 2.33. The Morgan fingerprint density at radius 2 is 1.75 bits per heavy atom. The Morgan fingerprint density at radius 1 is 1.11 bits per heavy atom. The van der Waals surface area contributed by atoms with E-state index in [-0.39, 0.29) is 24.2 Å². The molecule has 190 valence electrons. The van der Waals surface area contributed by atoms with E-state index in [1.165, 1.54) is 34.4 Å². The molecule has 9 heteroatoms. The summed E-state index contributed by atoms with van der Waals surface area (Å²) in [6.07, 6.45) is 4.43. The third-order valence-corrected chi connectivity index (χ3v) is 7.11. The highest BCUT2D eigenvalue weighted by atomic mass is 32.2. The van der Waals surface area contributed by atoms with Gasteiger partial charge in [-0.05, 0) is 42.7 Å². The minimum absolute atomic E-state index is 0.0210. The fraction of sp³-hybridized carbons (Fsp3) is 0.296. The van der Waals surface area contributed by atoms with Crippen LogP contribution in [0.5, 0.6) is 0 Å². The molecule has 1 fully saturated rings. The summed E-state index contributed by atoms with van der Waals surface area (Å²) < 4.78 is 2.92. The van der Waals surface area contributed by atoms with Crippen molar-refractivity contribution in [2.24, 2.45) is 5.73 Å². The molecule has 4 rings (SSSR count). The summed E-state index contributed by atoms with van der Waals surface area (Å²) in [5, 5.41) is 12.0. The number of carbonyl (C=O) groups is 2. The molecule has 0 spiro atoms. The van der Waals surface area contributed by atoms with E-state index in [2.05, 4.69) is 70.7 Å².